The molecule has 6 nitrogen and oxygen atoms in total. The molecule has 5 heterocycles. The Kier molecular flexibility index (Phi) is 10.2. The van der Waals surface area contributed by atoms with Gasteiger partial charge in [-0.2, -0.15) is 0 Å². The van der Waals surface area contributed by atoms with Crippen molar-refractivity contribution in [2.45, 2.75) is 66.1 Å². The summed E-state index contributed by atoms with van der Waals surface area (Å²) in [6.45, 7) is 8.16. The zero-order valence-electron chi connectivity index (χ0n) is 52.8. The Morgan fingerprint density at radius 1 is 0.422 bits per heavy atom. The maximum atomic E-state index is 9.00. The first-order valence-corrected chi connectivity index (χ1v) is 29.3. The van der Waals surface area contributed by atoms with Gasteiger partial charge in [0.25, 0.3) is 0 Å². The van der Waals surface area contributed by atoms with Crippen molar-refractivity contribution < 1.29 is 32.3 Å². The van der Waals surface area contributed by atoms with Crippen LogP contribution in [0.3, 0.4) is 0 Å². The van der Waals surface area contributed by atoms with Crippen molar-refractivity contribution in [2.24, 2.45) is 0 Å². The molecule has 83 heavy (non-hydrogen) atoms. The maximum absolute atomic E-state index is 9.00. The van der Waals surface area contributed by atoms with Crippen LogP contribution >= 0.6 is 0 Å². The number of imidazole rings is 1. The number of nitrogens with zero attached hydrogens (tertiary/aromatic N) is 5. The minimum absolute atomic E-state index is 0.0485. The molecule has 0 aliphatic rings. The molecule has 10 aromatic carbocycles. The Labute approximate surface area is 502 Å². The summed E-state index contributed by atoms with van der Waals surface area (Å²) in [5.41, 5.74) is 16.2. The number of fused-ring (bicyclic) bond motifs is 10. The van der Waals surface area contributed by atoms with Crippen LogP contribution in [0, 0.1) is 17.5 Å². The smallest absolute Gasteiger partial charge is 0.0620 e. The van der Waals surface area contributed by atoms with Gasteiger partial charge in [-0.05, 0) is 35.0 Å². The molecule has 0 aliphatic heterocycles. The Balaban J connectivity index is 0.939. The van der Waals surface area contributed by atoms with Crippen LogP contribution in [-0.2, 0) is 30.2 Å². The largest absolute Gasteiger partial charge is 0.0620 e. The van der Waals surface area contributed by atoms with Gasteiger partial charge in [-0.25, -0.2) is 0 Å². The predicted octanol–water partition coefficient (Wildman–Crippen LogP) is 20.1. The van der Waals surface area contributed by atoms with Crippen molar-refractivity contribution in [1.82, 2.24) is 23.1 Å². The molecule has 15 aromatic rings. The Bertz CT molecular complexity index is 5350. The van der Waals surface area contributed by atoms with Gasteiger partial charge in [0.2, 0.25) is 0 Å². The van der Waals surface area contributed by atoms with Gasteiger partial charge in [0.1, 0.15) is 0 Å². The van der Waals surface area contributed by atoms with E-state index in [4.69, 9.17) is 17.9 Å². The van der Waals surface area contributed by atoms with Gasteiger partial charge >= 0.3 is 330 Å². The van der Waals surface area contributed by atoms with E-state index in [0.29, 0.717) is 28.3 Å². The van der Waals surface area contributed by atoms with E-state index < -0.39 is 13.7 Å². The number of benzene rings is 10. The number of ether oxygens (including phenoxy) is 1. The predicted molar refractivity (Wildman–Crippen MR) is 342 cm³/mol. The minimum atomic E-state index is -2.56. The zero-order chi connectivity index (χ0) is 61.6. The van der Waals surface area contributed by atoms with E-state index in [2.05, 4.69) is 220 Å². The van der Waals surface area contributed by atoms with E-state index in [-0.39, 0.29) is 27.7 Å². The third-order valence-electron chi connectivity index (χ3n) is 16.8. The topological polar surface area (TPSA) is 41.3 Å². The molecule has 0 spiro atoms. The molecule has 0 atom stereocenters. The molecule has 15 rings (SSSR count). The Hall–Kier alpha value is -9.09. The average Bonchev–Trinajstić information content (AvgIpc) is 1.59. The molecule has 0 unspecified atom stereocenters. The molecule has 0 aliphatic carbocycles. The summed E-state index contributed by atoms with van der Waals surface area (Å²) in [6, 6.07) is 74.4. The number of hydrogen-bond donors (Lipinski definition) is 0. The summed E-state index contributed by atoms with van der Waals surface area (Å²) in [5.74, 6) is 0.957. The monoisotopic (exact) mass is 1260 g/mol. The van der Waals surface area contributed by atoms with Crippen LogP contribution in [0.1, 0.15) is 72.0 Å². The van der Waals surface area contributed by atoms with E-state index in [9.17, 15) is 0 Å². The van der Waals surface area contributed by atoms with Crippen LogP contribution in [0.4, 0.5) is 0 Å². The van der Waals surface area contributed by atoms with Gasteiger partial charge in [0.05, 0.1) is 16.6 Å². The first kappa shape index (κ1) is 44.5. The van der Waals surface area contributed by atoms with Crippen molar-refractivity contribution in [2.75, 3.05) is 0 Å². The van der Waals surface area contributed by atoms with Crippen molar-refractivity contribution in [1.29, 1.82) is 0 Å². The summed E-state index contributed by atoms with van der Waals surface area (Å²) in [7, 11) is 0. The summed E-state index contributed by atoms with van der Waals surface area (Å²) in [6.07, 6.45) is 1.68. The third-order valence-corrected chi connectivity index (χ3v) is 17.8. The first-order chi connectivity index (χ1) is 42.6. The SMILES string of the molecule is [2H]C([2H])([2H])c1ccc(-n2[c](=[Pt])n(-c3c(-c4ccccc4)cc(C(C)(C)C)cc3-c3ccccc3)c3ccccc32)cc1Oc1ccc2c3cc4c5cccc6c7ccccc7n(c4cc3n(-c3cc(C([2H])([2H])[2H])c(-c4ccc(C(C)(C)C)cc4)cn3)c2c1)c65. The van der Waals surface area contributed by atoms with Crippen LogP contribution in [0.5, 0.6) is 11.5 Å². The second-order valence-corrected chi connectivity index (χ2v) is 25.0. The molecule has 0 bridgehead atoms. The third kappa shape index (κ3) is 8.16. The Morgan fingerprint density at radius 3 is 1.67 bits per heavy atom. The van der Waals surface area contributed by atoms with Gasteiger partial charge in [-0.1, -0.05) is 81.4 Å². The molecule has 0 N–H and O–H groups in total. The molecule has 0 radical (unpaired) electrons. The van der Waals surface area contributed by atoms with Crippen LogP contribution in [0.2, 0.25) is 0 Å². The van der Waals surface area contributed by atoms with Crippen molar-refractivity contribution in [3.8, 4) is 62.1 Å². The number of para-hydroxylation sites is 4. The molecule has 7 heteroatoms. The molecule has 0 saturated heterocycles. The standard InChI is InChI=1S/C76H61N5O.Pt/c1-47-30-35-54(78-46-79(67-29-18-17-28-66(67)78)73-60(49-20-11-9-12-21-49)39-53(76(6,7)8)40-61(73)50-22-13-10-14-23-50)41-71(47)82-55-36-37-57-62-43-63-59-26-19-25-58-56-24-15-16-27-65(56)81(74(58)59)70(63)44-69(62)80(68(57)42-55)72-38-48(2)64(45-77-72)51-31-33-52(34-32-51)75(3,4)5;/h9-45H,1-8H3;/i1D3,2D3;. The molecule has 0 amide bonds. The summed E-state index contributed by atoms with van der Waals surface area (Å²) >= 11 is 2.42. The first-order valence-electron chi connectivity index (χ1n) is 31.2. The van der Waals surface area contributed by atoms with Gasteiger partial charge in [0, 0.05) is 37.4 Å². The van der Waals surface area contributed by atoms with E-state index in [1.807, 2.05) is 65.2 Å². The number of aryl methyl sites for hydroxylation is 2. The fraction of sp³-hybridized carbons (Fsp3) is 0.132. The number of hydrogen-bond acceptors (Lipinski definition) is 2. The number of aromatic nitrogens is 5. The fourth-order valence-electron chi connectivity index (χ4n) is 12.6. The van der Waals surface area contributed by atoms with E-state index in [1.165, 1.54) is 10.9 Å². The molecule has 5 aromatic heterocycles. The van der Waals surface area contributed by atoms with E-state index >= 15 is 0 Å². The summed E-state index contributed by atoms with van der Waals surface area (Å²) < 4.78 is 70.5. The van der Waals surface area contributed by atoms with Crippen molar-refractivity contribution in [3.63, 3.8) is 0 Å². The second-order valence-electron chi connectivity index (χ2n) is 24.0. The van der Waals surface area contributed by atoms with Crippen LogP contribution in [0.15, 0.2) is 225 Å². The van der Waals surface area contributed by atoms with E-state index in [0.717, 1.165) is 103 Å². The molecular formula is C76H61N5OPt. The average molecular weight is 1260 g/mol. The summed E-state index contributed by atoms with van der Waals surface area (Å²) in [4.78, 5) is 5.16. The van der Waals surface area contributed by atoms with Gasteiger partial charge < -0.3 is 4.40 Å². The molecule has 0 saturated carbocycles. The van der Waals surface area contributed by atoms with Gasteiger partial charge in [0.15, 0.2) is 0 Å². The minimum Gasteiger partial charge on any atom is 0.0620 e. The number of rotatable bonds is 8. The quantitative estimate of drug-likeness (QED) is 0.152. The van der Waals surface area contributed by atoms with Crippen LogP contribution in [-0.4, -0.2) is 23.1 Å². The van der Waals surface area contributed by atoms with Crippen molar-refractivity contribution >= 4 is 70.9 Å². The molecule has 0 fully saturated rings. The zero-order valence-corrected chi connectivity index (χ0v) is 49.1. The van der Waals surface area contributed by atoms with Crippen molar-refractivity contribution in [3.05, 3.63) is 251 Å². The van der Waals surface area contributed by atoms with Crippen LogP contribution < -0.4 is 4.74 Å². The summed E-state index contributed by atoms with van der Waals surface area (Å²) in [5, 5.41) is 6.35. The van der Waals surface area contributed by atoms with Gasteiger partial charge in [-0.3, -0.25) is 0 Å². The van der Waals surface area contributed by atoms with Gasteiger partial charge in [-0.15, -0.1) is 0 Å². The normalized spacial score (nSPS) is 13.8. The molecular weight excluding hydrogens is 1190 g/mol. The fourth-order valence-corrected chi connectivity index (χ4v) is 13.7. The van der Waals surface area contributed by atoms with E-state index in [1.54, 1.807) is 18.3 Å². The van der Waals surface area contributed by atoms with Crippen LogP contribution in [0.25, 0.3) is 122 Å². The molecule has 406 valence electrons. The maximum Gasteiger partial charge on any atom is 0.0620 e. The number of pyridine rings is 1. The second kappa shape index (κ2) is 19.0. The Morgan fingerprint density at radius 2 is 1.00 bits per heavy atom.